The van der Waals surface area contributed by atoms with Crippen molar-refractivity contribution in [1.29, 1.82) is 0 Å². The molecule has 17 heavy (non-hydrogen) atoms. The molecule has 3 N–H and O–H groups in total. The van der Waals surface area contributed by atoms with Crippen LogP contribution in [-0.4, -0.2) is 67.6 Å². The maximum Gasteiger partial charge on any atom is 0.188 e. The zero-order valence-corrected chi connectivity index (χ0v) is 12.9. The van der Waals surface area contributed by atoms with Crippen LogP contribution in [0.25, 0.3) is 0 Å². The molecule has 0 aromatic rings. The van der Waals surface area contributed by atoms with Gasteiger partial charge in [0.1, 0.15) is 0 Å². The molecule has 3 aliphatic rings. The predicted molar refractivity (Wildman–Crippen MR) is 82.0 cm³/mol. The third-order valence-corrected chi connectivity index (χ3v) is 3.42. The highest BCUT2D eigenvalue weighted by atomic mass is 127. The minimum absolute atomic E-state index is 0. The monoisotopic (exact) mass is 353 g/mol. The molecule has 0 aromatic heterocycles. The average molecular weight is 353 g/mol. The van der Waals surface area contributed by atoms with E-state index in [0.29, 0.717) is 12.0 Å². The first kappa shape index (κ1) is 15.0. The first-order valence-electron chi connectivity index (χ1n) is 6.30. The van der Waals surface area contributed by atoms with Crippen LogP contribution < -0.4 is 11.1 Å². The number of aliphatic imine (C=N–C) groups is 1. The minimum atomic E-state index is 0. The highest BCUT2D eigenvalue weighted by Crippen LogP contribution is 2.15. The second-order valence-electron chi connectivity index (χ2n) is 4.64. The lowest BCUT2D eigenvalue weighted by Gasteiger charge is -2.47. The Labute approximate surface area is 121 Å². The van der Waals surface area contributed by atoms with Crippen molar-refractivity contribution in [2.45, 2.75) is 19.4 Å². The van der Waals surface area contributed by atoms with Crippen molar-refractivity contribution >= 4 is 29.9 Å². The Morgan fingerprint density at radius 2 is 2.06 bits per heavy atom. The number of nitrogens with one attached hydrogen (secondary N) is 1. The van der Waals surface area contributed by atoms with E-state index >= 15 is 0 Å². The molecule has 5 nitrogen and oxygen atoms in total. The fourth-order valence-corrected chi connectivity index (χ4v) is 2.41. The first-order chi connectivity index (χ1) is 7.79. The number of rotatable bonds is 4. The van der Waals surface area contributed by atoms with Crippen LogP contribution in [-0.2, 0) is 0 Å². The van der Waals surface area contributed by atoms with E-state index in [-0.39, 0.29) is 24.0 Å². The molecule has 0 spiro atoms. The van der Waals surface area contributed by atoms with Gasteiger partial charge in [-0.3, -0.25) is 14.8 Å². The summed E-state index contributed by atoms with van der Waals surface area (Å²) < 4.78 is 0. The van der Waals surface area contributed by atoms with Crippen molar-refractivity contribution in [1.82, 2.24) is 15.1 Å². The van der Waals surface area contributed by atoms with Crippen molar-refractivity contribution in [3.05, 3.63) is 0 Å². The van der Waals surface area contributed by atoms with Crippen LogP contribution >= 0.6 is 24.0 Å². The Bertz CT molecular complexity index is 250. The topological polar surface area (TPSA) is 56.9 Å². The molecular formula is C11H24IN5. The highest BCUT2D eigenvalue weighted by Gasteiger charge is 2.31. The van der Waals surface area contributed by atoms with Crippen LogP contribution in [0, 0.1) is 0 Å². The Balaban J connectivity index is 0.00000144. The van der Waals surface area contributed by atoms with E-state index < -0.39 is 0 Å². The van der Waals surface area contributed by atoms with Gasteiger partial charge in [-0.05, 0) is 6.42 Å². The maximum absolute atomic E-state index is 5.78. The van der Waals surface area contributed by atoms with Gasteiger partial charge in [-0.2, -0.15) is 0 Å². The SMILES string of the molecule is CCCNC(N)=NCC1CN2CCN1CC2.I. The second kappa shape index (κ2) is 7.38. The molecule has 0 radical (unpaired) electrons. The second-order valence-corrected chi connectivity index (χ2v) is 4.64. The van der Waals surface area contributed by atoms with Gasteiger partial charge in [-0.25, -0.2) is 0 Å². The molecule has 2 bridgehead atoms. The predicted octanol–water partition coefficient (Wildman–Crippen LogP) is -0.0815. The molecule has 1 unspecified atom stereocenters. The van der Waals surface area contributed by atoms with Crippen molar-refractivity contribution < 1.29 is 0 Å². The number of guanidine groups is 1. The van der Waals surface area contributed by atoms with Crippen LogP contribution in [0.4, 0.5) is 0 Å². The Hall–Kier alpha value is -0.0800. The number of hydrogen-bond acceptors (Lipinski definition) is 3. The maximum atomic E-state index is 5.78. The van der Waals surface area contributed by atoms with E-state index in [4.69, 9.17) is 5.73 Å². The summed E-state index contributed by atoms with van der Waals surface area (Å²) in [4.78, 5) is 9.48. The largest absolute Gasteiger partial charge is 0.370 e. The van der Waals surface area contributed by atoms with Gasteiger partial charge in [-0.15, -0.1) is 24.0 Å². The third-order valence-electron chi connectivity index (χ3n) is 3.42. The van der Waals surface area contributed by atoms with Crippen LogP contribution in [0.1, 0.15) is 13.3 Å². The fourth-order valence-electron chi connectivity index (χ4n) is 2.41. The lowest BCUT2D eigenvalue weighted by molar-refractivity contribution is 0.0174. The van der Waals surface area contributed by atoms with Gasteiger partial charge >= 0.3 is 0 Å². The summed E-state index contributed by atoms with van der Waals surface area (Å²) in [6.07, 6.45) is 1.08. The molecule has 100 valence electrons. The minimum Gasteiger partial charge on any atom is -0.370 e. The van der Waals surface area contributed by atoms with Crippen LogP contribution in [0.2, 0.25) is 0 Å². The highest BCUT2D eigenvalue weighted by molar-refractivity contribution is 14.0. The van der Waals surface area contributed by atoms with Crippen LogP contribution in [0.15, 0.2) is 4.99 Å². The van der Waals surface area contributed by atoms with Gasteiger partial charge in [0.25, 0.3) is 0 Å². The van der Waals surface area contributed by atoms with Crippen molar-refractivity contribution in [3.8, 4) is 0 Å². The molecule has 6 heteroatoms. The molecule has 0 amide bonds. The molecule has 3 saturated heterocycles. The Morgan fingerprint density at radius 1 is 1.35 bits per heavy atom. The molecule has 3 aliphatic heterocycles. The number of hydrogen-bond donors (Lipinski definition) is 2. The van der Waals surface area contributed by atoms with Crippen molar-refractivity contribution in [2.75, 3.05) is 45.8 Å². The normalized spacial score (nSPS) is 32.1. The summed E-state index contributed by atoms with van der Waals surface area (Å²) in [5.74, 6) is 0.597. The number of halogens is 1. The Kier molecular flexibility index (Phi) is 6.50. The molecule has 0 aliphatic carbocycles. The van der Waals surface area contributed by atoms with E-state index in [9.17, 15) is 0 Å². The summed E-state index contributed by atoms with van der Waals surface area (Å²) >= 11 is 0. The number of fused-ring (bicyclic) bond motifs is 3. The standard InChI is InChI=1S/C11H23N5.HI/c1-2-3-13-11(12)14-8-10-9-15-4-6-16(10)7-5-15;/h10H,2-9H2,1H3,(H3,12,13,14);1H. The summed E-state index contributed by atoms with van der Waals surface area (Å²) in [5.41, 5.74) is 5.78. The van der Waals surface area contributed by atoms with Gasteiger partial charge in [0.15, 0.2) is 5.96 Å². The van der Waals surface area contributed by atoms with E-state index in [0.717, 1.165) is 26.1 Å². The summed E-state index contributed by atoms with van der Waals surface area (Å²) in [6, 6.07) is 0.574. The van der Waals surface area contributed by atoms with Gasteiger partial charge in [0.2, 0.25) is 0 Å². The smallest absolute Gasteiger partial charge is 0.188 e. The lowest BCUT2D eigenvalue weighted by atomic mass is 10.1. The van der Waals surface area contributed by atoms with E-state index in [2.05, 4.69) is 27.0 Å². The number of piperazine rings is 3. The van der Waals surface area contributed by atoms with E-state index in [1.54, 1.807) is 0 Å². The summed E-state index contributed by atoms with van der Waals surface area (Å²) in [6.45, 7) is 9.87. The third kappa shape index (κ3) is 4.26. The first-order valence-corrected chi connectivity index (χ1v) is 6.30. The number of nitrogens with two attached hydrogens (primary N) is 1. The van der Waals surface area contributed by atoms with Crippen molar-refractivity contribution in [2.24, 2.45) is 10.7 Å². The zero-order chi connectivity index (χ0) is 11.4. The lowest BCUT2D eigenvalue weighted by Crippen LogP contribution is -2.61. The molecule has 0 saturated carbocycles. The van der Waals surface area contributed by atoms with Gasteiger partial charge in [-0.1, -0.05) is 6.92 Å². The quantitative estimate of drug-likeness (QED) is 0.422. The van der Waals surface area contributed by atoms with Crippen molar-refractivity contribution in [3.63, 3.8) is 0 Å². The van der Waals surface area contributed by atoms with Gasteiger partial charge in [0, 0.05) is 45.3 Å². The number of nitrogens with zero attached hydrogens (tertiary/aromatic N) is 3. The molecule has 3 heterocycles. The molecule has 3 rings (SSSR count). The van der Waals surface area contributed by atoms with Gasteiger partial charge in [0.05, 0.1) is 6.54 Å². The molecule has 1 atom stereocenters. The van der Waals surface area contributed by atoms with Gasteiger partial charge < -0.3 is 11.1 Å². The summed E-state index contributed by atoms with van der Waals surface area (Å²) in [5, 5.41) is 3.11. The Morgan fingerprint density at radius 3 is 2.59 bits per heavy atom. The van der Waals surface area contributed by atoms with Crippen LogP contribution in [0.5, 0.6) is 0 Å². The fraction of sp³-hybridized carbons (Fsp3) is 0.909. The van der Waals surface area contributed by atoms with E-state index in [1.807, 2.05) is 0 Å². The zero-order valence-electron chi connectivity index (χ0n) is 10.6. The van der Waals surface area contributed by atoms with Crippen LogP contribution in [0.3, 0.4) is 0 Å². The summed E-state index contributed by atoms with van der Waals surface area (Å²) in [7, 11) is 0. The van der Waals surface area contributed by atoms with E-state index in [1.165, 1.54) is 26.2 Å². The average Bonchev–Trinajstić information content (AvgIpc) is 2.35. The molecular weight excluding hydrogens is 329 g/mol. The molecule has 3 fully saturated rings. The molecule has 0 aromatic carbocycles.